The minimum absolute atomic E-state index is 0.0368. The van der Waals surface area contributed by atoms with Crippen LogP contribution in [0.3, 0.4) is 0 Å². The van der Waals surface area contributed by atoms with Crippen LogP contribution in [-0.4, -0.2) is 77.0 Å². The second-order valence-corrected chi connectivity index (χ2v) is 12.2. The lowest BCUT2D eigenvalue weighted by molar-refractivity contribution is -0.128. The molecule has 4 aromatic rings. The third-order valence-corrected chi connectivity index (χ3v) is 9.43. The summed E-state index contributed by atoms with van der Waals surface area (Å²) in [6.45, 7) is 11.8. The molecule has 48 heavy (non-hydrogen) atoms. The summed E-state index contributed by atoms with van der Waals surface area (Å²) in [5.41, 5.74) is 3.92. The Kier molecular flexibility index (Phi) is 8.99. The van der Waals surface area contributed by atoms with Gasteiger partial charge in [0.2, 0.25) is 5.91 Å². The Morgan fingerprint density at radius 2 is 2.00 bits per heavy atom. The van der Waals surface area contributed by atoms with Gasteiger partial charge in [0, 0.05) is 52.0 Å². The molecule has 1 atom stereocenters. The fraction of sp³-hybridized carbons (Fsp3) is 0.257. The summed E-state index contributed by atoms with van der Waals surface area (Å²) in [5.74, 6) is -1.82. The van der Waals surface area contributed by atoms with Gasteiger partial charge in [-0.1, -0.05) is 13.2 Å². The lowest BCUT2D eigenvalue weighted by Crippen LogP contribution is -2.50. The average molecular weight is 674 g/mol. The molecule has 6 rings (SSSR count). The Morgan fingerprint density at radius 1 is 1.21 bits per heavy atom. The molecule has 0 aliphatic carbocycles. The van der Waals surface area contributed by atoms with E-state index in [4.69, 9.17) is 19.6 Å². The second kappa shape index (κ2) is 13.2. The Labute approximate surface area is 279 Å². The van der Waals surface area contributed by atoms with Crippen molar-refractivity contribution in [1.82, 2.24) is 20.2 Å². The summed E-state index contributed by atoms with van der Waals surface area (Å²) < 4.78 is 42.6. The van der Waals surface area contributed by atoms with Gasteiger partial charge in [-0.05, 0) is 49.1 Å². The van der Waals surface area contributed by atoms with E-state index in [9.17, 15) is 19.1 Å². The van der Waals surface area contributed by atoms with Crippen LogP contribution in [0.4, 0.5) is 8.78 Å². The van der Waals surface area contributed by atoms with Crippen LogP contribution in [0.25, 0.3) is 32.5 Å². The van der Waals surface area contributed by atoms with Crippen LogP contribution in [-0.2, 0) is 11.3 Å². The highest BCUT2D eigenvalue weighted by Crippen LogP contribution is 2.46. The summed E-state index contributed by atoms with van der Waals surface area (Å²) in [4.78, 5) is 31.6. The van der Waals surface area contributed by atoms with Crippen LogP contribution in [0.15, 0.2) is 65.7 Å². The fourth-order valence-corrected chi connectivity index (χ4v) is 7.04. The number of pyridine rings is 1. The number of carbonyl (C=O) groups excluding carboxylic acids is 2. The van der Waals surface area contributed by atoms with Gasteiger partial charge in [0.15, 0.2) is 0 Å². The molecule has 0 saturated carbocycles. The zero-order chi connectivity index (χ0) is 34.3. The van der Waals surface area contributed by atoms with Crippen LogP contribution >= 0.6 is 11.3 Å². The quantitative estimate of drug-likeness (QED) is 0.178. The van der Waals surface area contributed by atoms with Crippen molar-refractivity contribution in [2.24, 2.45) is 5.10 Å². The van der Waals surface area contributed by atoms with Crippen LogP contribution in [0, 0.1) is 11.6 Å². The number of amides is 2. The van der Waals surface area contributed by atoms with Gasteiger partial charge in [-0.3, -0.25) is 14.6 Å². The fourth-order valence-electron chi connectivity index (χ4n) is 6.09. The topological polar surface area (TPSA) is 117 Å². The lowest BCUT2D eigenvalue weighted by Gasteiger charge is -2.39. The highest BCUT2D eigenvalue weighted by Gasteiger charge is 2.31. The number of rotatable bonds is 9. The van der Waals surface area contributed by atoms with E-state index in [1.807, 2.05) is 24.4 Å². The van der Waals surface area contributed by atoms with Crippen molar-refractivity contribution in [3.8, 4) is 33.9 Å². The van der Waals surface area contributed by atoms with E-state index in [2.05, 4.69) is 18.5 Å². The molecule has 2 N–H and O–H groups in total. The van der Waals surface area contributed by atoms with Crippen LogP contribution in [0.2, 0.25) is 0 Å². The zero-order valence-corrected chi connectivity index (χ0v) is 27.4. The molecule has 1 saturated heterocycles. The van der Waals surface area contributed by atoms with Crippen molar-refractivity contribution < 1.29 is 33.0 Å². The maximum atomic E-state index is 16.0. The molecule has 2 aliphatic heterocycles. The maximum absolute atomic E-state index is 16.0. The minimum Gasteiger partial charge on any atom is -0.496 e. The monoisotopic (exact) mass is 673 g/mol. The number of ether oxygens (including phenoxy) is 2. The van der Waals surface area contributed by atoms with E-state index < -0.39 is 11.6 Å². The van der Waals surface area contributed by atoms with E-state index in [1.165, 1.54) is 24.5 Å². The van der Waals surface area contributed by atoms with Crippen molar-refractivity contribution in [3.63, 3.8) is 0 Å². The van der Waals surface area contributed by atoms with E-state index in [1.54, 1.807) is 22.9 Å². The minimum atomic E-state index is -0.879. The molecule has 13 heteroatoms. The Hall–Kier alpha value is -5.14. The number of nitrogens with one attached hydrogen (secondary N) is 1. The van der Waals surface area contributed by atoms with Gasteiger partial charge in [-0.15, -0.1) is 11.3 Å². The smallest absolute Gasteiger partial charge is 0.252 e. The number of fused-ring (bicyclic) bond motifs is 2. The van der Waals surface area contributed by atoms with Gasteiger partial charge in [0.25, 0.3) is 5.91 Å². The Morgan fingerprint density at radius 3 is 2.73 bits per heavy atom. The van der Waals surface area contributed by atoms with E-state index in [0.717, 1.165) is 17.7 Å². The number of nitrogens with zero attached hydrogens (tertiary/aromatic N) is 4. The first-order chi connectivity index (χ1) is 23.1. The number of halogens is 2. The van der Waals surface area contributed by atoms with Crippen molar-refractivity contribution in [2.45, 2.75) is 26.4 Å². The summed E-state index contributed by atoms with van der Waals surface area (Å²) in [7, 11) is 1.51. The number of carbonyl (C=O) groups is 2. The van der Waals surface area contributed by atoms with Crippen molar-refractivity contribution >= 4 is 38.9 Å². The maximum Gasteiger partial charge on any atom is 0.252 e. The van der Waals surface area contributed by atoms with Crippen molar-refractivity contribution in [3.05, 3.63) is 89.1 Å². The lowest BCUT2D eigenvalue weighted by atomic mass is 9.95. The third kappa shape index (κ3) is 5.69. The van der Waals surface area contributed by atoms with Crippen LogP contribution in [0.5, 0.6) is 11.5 Å². The number of piperazine rings is 1. The number of hydrazone groups is 1. The number of aliphatic hydroxyl groups excluding tert-OH is 1. The normalized spacial score (nSPS) is 16.3. The van der Waals surface area contributed by atoms with E-state index in [0.29, 0.717) is 69.3 Å². The Bertz CT molecular complexity index is 2030. The number of aromatic nitrogens is 1. The van der Waals surface area contributed by atoms with Gasteiger partial charge in [0.1, 0.15) is 29.7 Å². The molecule has 248 valence electrons. The number of aliphatic hydroxyl groups is 1. The Balaban J connectivity index is 1.61. The standard InChI is InChI=1S/C35H33F2N5O5S/c1-6-29(44)41-8-9-42(20(4)19(41)3)40-18(2)32-31(30-26(37)14-22(36)15-28(30)47-11-10-43)34-23(7-12-48-34)33(39-32)25-13-21-17-38-35(45)24(21)16-27(25)46-5/h6-7,12-16,19,43H,1,4,8-11,17H2,2-3,5H3,(H,38,45)/b40-18+/t19-/m1/s1. The van der Waals surface area contributed by atoms with E-state index >= 15 is 4.39 Å². The predicted octanol–water partition coefficient (Wildman–Crippen LogP) is 5.49. The van der Waals surface area contributed by atoms with Gasteiger partial charge in [-0.25, -0.2) is 13.8 Å². The second-order valence-electron chi connectivity index (χ2n) is 11.3. The number of hydrogen-bond donors (Lipinski definition) is 2. The van der Waals surface area contributed by atoms with E-state index in [-0.39, 0.29) is 48.1 Å². The molecular formula is C35H33F2N5O5S. The highest BCUT2D eigenvalue weighted by atomic mass is 32.1. The molecule has 1 fully saturated rings. The average Bonchev–Trinajstić information content (AvgIpc) is 3.71. The molecule has 2 amide bonds. The summed E-state index contributed by atoms with van der Waals surface area (Å²) in [6, 6.07) is 6.87. The van der Waals surface area contributed by atoms with Crippen molar-refractivity contribution in [1.29, 1.82) is 0 Å². The number of hydrogen-bond acceptors (Lipinski definition) is 9. The zero-order valence-electron chi connectivity index (χ0n) is 26.6. The molecule has 0 spiro atoms. The molecule has 10 nitrogen and oxygen atoms in total. The molecule has 2 aliphatic rings. The first kappa shape index (κ1) is 32.8. The molecule has 0 unspecified atom stereocenters. The molecule has 0 radical (unpaired) electrons. The largest absolute Gasteiger partial charge is 0.496 e. The summed E-state index contributed by atoms with van der Waals surface area (Å²) >= 11 is 1.33. The third-order valence-electron chi connectivity index (χ3n) is 8.50. The molecule has 0 bridgehead atoms. The first-order valence-electron chi connectivity index (χ1n) is 15.2. The van der Waals surface area contributed by atoms with Gasteiger partial charge < -0.3 is 24.8 Å². The molecule has 4 heterocycles. The number of benzene rings is 2. The molecular weight excluding hydrogens is 640 g/mol. The van der Waals surface area contributed by atoms with Gasteiger partial charge >= 0.3 is 0 Å². The SMILES string of the molecule is C=CC(=O)N1CCN(/N=C(\C)c2nc(-c3cc4c(cc3OC)C(=O)NC4)c3ccsc3c2-c2c(F)cc(F)cc2OCCO)C(=C)[C@H]1C. The number of thiophene rings is 1. The summed E-state index contributed by atoms with van der Waals surface area (Å²) in [5, 5.41) is 21.4. The van der Waals surface area contributed by atoms with Gasteiger partial charge in [0.05, 0.1) is 54.7 Å². The molecule has 2 aromatic heterocycles. The van der Waals surface area contributed by atoms with Crippen LogP contribution < -0.4 is 14.8 Å². The first-order valence-corrected chi connectivity index (χ1v) is 16.0. The summed E-state index contributed by atoms with van der Waals surface area (Å²) in [6.07, 6.45) is 1.26. The molecule has 2 aromatic carbocycles. The number of methoxy groups -OCH3 is 1. The highest BCUT2D eigenvalue weighted by molar-refractivity contribution is 7.18. The van der Waals surface area contributed by atoms with Gasteiger partial charge in [-0.2, -0.15) is 5.10 Å². The van der Waals surface area contributed by atoms with Crippen molar-refractivity contribution in [2.75, 3.05) is 33.4 Å². The van der Waals surface area contributed by atoms with Crippen LogP contribution in [0.1, 0.15) is 35.5 Å². The predicted molar refractivity (Wildman–Crippen MR) is 180 cm³/mol.